The SMILES string of the molecule is CSc1nc(-c2c(C)c([N+](=O)[O-])cc(C)c2O)c(C#N)c(=O)[nH]1. The van der Waals surface area contributed by atoms with Crippen molar-refractivity contribution in [2.75, 3.05) is 6.26 Å². The number of nitro groups is 1. The van der Waals surface area contributed by atoms with Crippen LogP contribution in [-0.4, -0.2) is 26.3 Å². The Morgan fingerprint density at radius 2 is 2.13 bits per heavy atom. The monoisotopic (exact) mass is 332 g/mol. The summed E-state index contributed by atoms with van der Waals surface area (Å²) in [6.45, 7) is 2.94. The molecule has 0 radical (unpaired) electrons. The number of benzene rings is 1. The van der Waals surface area contributed by atoms with Crippen LogP contribution in [-0.2, 0) is 0 Å². The van der Waals surface area contributed by atoms with Crippen molar-refractivity contribution in [2.45, 2.75) is 19.0 Å². The molecule has 1 heterocycles. The molecule has 0 unspecified atom stereocenters. The molecule has 23 heavy (non-hydrogen) atoms. The van der Waals surface area contributed by atoms with Gasteiger partial charge in [0, 0.05) is 11.6 Å². The normalized spacial score (nSPS) is 10.3. The van der Waals surface area contributed by atoms with Crippen LogP contribution in [0.3, 0.4) is 0 Å². The molecule has 0 bridgehead atoms. The number of aryl methyl sites for hydroxylation is 1. The summed E-state index contributed by atoms with van der Waals surface area (Å²) >= 11 is 1.15. The highest BCUT2D eigenvalue weighted by Crippen LogP contribution is 2.40. The summed E-state index contributed by atoms with van der Waals surface area (Å²) in [5.41, 5.74) is -0.830. The van der Waals surface area contributed by atoms with Crippen LogP contribution < -0.4 is 5.56 Å². The third-order valence-corrected chi connectivity index (χ3v) is 3.94. The number of phenolic OH excluding ortho intramolecular Hbond substituents is 1. The largest absolute Gasteiger partial charge is 0.507 e. The lowest BCUT2D eigenvalue weighted by Gasteiger charge is -2.12. The third-order valence-electron chi connectivity index (χ3n) is 3.36. The van der Waals surface area contributed by atoms with Crippen molar-refractivity contribution in [3.8, 4) is 23.1 Å². The molecule has 9 heteroatoms. The number of hydrogen-bond donors (Lipinski definition) is 2. The molecule has 2 aromatic rings. The lowest BCUT2D eigenvalue weighted by molar-refractivity contribution is -0.385. The van der Waals surface area contributed by atoms with E-state index < -0.39 is 10.5 Å². The lowest BCUT2D eigenvalue weighted by atomic mass is 9.97. The Kier molecular flexibility index (Phi) is 4.38. The van der Waals surface area contributed by atoms with E-state index in [1.165, 1.54) is 19.9 Å². The number of phenols is 1. The summed E-state index contributed by atoms with van der Waals surface area (Å²) in [7, 11) is 0. The molecule has 118 valence electrons. The number of nitro benzene ring substituents is 1. The molecule has 8 nitrogen and oxygen atoms in total. The van der Waals surface area contributed by atoms with Gasteiger partial charge < -0.3 is 10.1 Å². The lowest BCUT2D eigenvalue weighted by Crippen LogP contribution is -2.15. The Balaban J connectivity index is 2.98. The maximum Gasteiger partial charge on any atom is 0.273 e. The van der Waals surface area contributed by atoms with Crippen molar-refractivity contribution in [3.05, 3.63) is 43.2 Å². The molecule has 0 fully saturated rings. The quantitative estimate of drug-likeness (QED) is 0.381. The molecule has 0 saturated carbocycles. The number of aromatic nitrogens is 2. The van der Waals surface area contributed by atoms with E-state index in [-0.39, 0.29) is 44.5 Å². The van der Waals surface area contributed by atoms with Gasteiger partial charge in [0.1, 0.15) is 23.1 Å². The van der Waals surface area contributed by atoms with Crippen LogP contribution in [0.4, 0.5) is 5.69 Å². The summed E-state index contributed by atoms with van der Waals surface area (Å²) < 4.78 is 0. The van der Waals surface area contributed by atoms with Crippen molar-refractivity contribution in [1.29, 1.82) is 5.26 Å². The van der Waals surface area contributed by atoms with Gasteiger partial charge in [-0.1, -0.05) is 11.8 Å². The fraction of sp³-hybridized carbons (Fsp3) is 0.214. The van der Waals surface area contributed by atoms with Crippen LogP contribution in [0.25, 0.3) is 11.3 Å². The van der Waals surface area contributed by atoms with Crippen molar-refractivity contribution < 1.29 is 10.0 Å². The fourth-order valence-corrected chi connectivity index (χ4v) is 2.58. The van der Waals surface area contributed by atoms with Crippen LogP contribution in [0.2, 0.25) is 0 Å². The molecule has 1 aromatic carbocycles. The van der Waals surface area contributed by atoms with E-state index in [2.05, 4.69) is 9.97 Å². The van der Waals surface area contributed by atoms with Crippen LogP contribution in [0.5, 0.6) is 5.75 Å². The molecule has 0 atom stereocenters. The number of nitrogens with one attached hydrogen (secondary N) is 1. The average molecular weight is 332 g/mol. The first-order valence-corrected chi connectivity index (χ1v) is 7.60. The molecule has 0 aliphatic rings. The minimum absolute atomic E-state index is 0.0228. The number of rotatable bonds is 3. The van der Waals surface area contributed by atoms with E-state index in [0.717, 1.165) is 11.8 Å². The topological polar surface area (TPSA) is 133 Å². The van der Waals surface area contributed by atoms with Crippen LogP contribution in [0, 0.1) is 35.3 Å². The molecule has 0 aliphatic carbocycles. The molecule has 2 rings (SSSR count). The zero-order chi connectivity index (χ0) is 17.3. The van der Waals surface area contributed by atoms with E-state index in [0.29, 0.717) is 0 Å². The number of H-pyrrole nitrogens is 1. The van der Waals surface area contributed by atoms with Gasteiger partial charge in [0.15, 0.2) is 5.16 Å². The van der Waals surface area contributed by atoms with E-state index in [1.807, 2.05) is 0 Å². The second-order valence-corrected chi connectivity index (χ2v) is 5.52. The fourth-order valence-electron chi connectivity index (χ4n) is 2.20. The maximum atomic E-state index is 12.0. The van der Waals surface area contributed by atoms with Gasteiger partial charge in [-0.15, -0.1) is 0 Å². The average Bonchev–Trinajstić information content (AvgIpc) is 2.50. The Morgan fingerprint density at radius 3 is 2.65 bits per heavy atom. The van der Waals surface area contributed by atoms with Gasteiger partial charge >= 0.3 is 0 Å². The second-order valence-electron chi connectivity index (χ2n) is 4.73. The number of thioether (sulfide) groups is 1. The van der Waals surface area contributed by atoms with Crippen molar-refractivity contribution >= 4 is 17.4 Å². The van der Waals surface area contributed by atoms with E-state index >= 15 is 0 Å². The molecule has 0 aliphatic heterocycles. The van der Waals surface area contributed by atoms with Crippen molar-refractivity contribution in [2.24, 2.45) is 0 Å². The van der Waals surface area contributed by atoms with Gasteiger partial charge in [-0.2, -0.15) is 5.26 Å². The van der Waals surface area contributed by atoms with Crippen LogP contribution in [0.1, 0.15) is 16.7 Å². The number of nitriles is 1. The van der Waals surface area contributed by atoms with Gasteiger partial charge in [0.2, 0.25) is 0 Å². The van der Waals surface area contributed by atoms with Gasteiger partial charge in [-0.25, -0.2) is 4.98 Å². The summed E-state index contributed by atoms with van der Waals surface area (Å²) in [5.74, 6) is -0.241. The van der Waals surface area contributed by atoms with Crippen molar-refractivity contribution in [1.82, 2.24) is 9.97 Å². The minimum Gasteiger partial charge on any atom is -0.507 e. The van der Waals surface area contributed by atoms with E-state index in [9.17, 15) is 25.3 Å². The van der Waals surface area contributed by atoms with Crippen LogP contribution >= 0.6 is 11.8 Å². The molecular formula is C14H12N4O4S. The highest BCUT2D eigenvalue weighted by molar-refractivity contribution is 7.98. The Morgan fingerprint density at radius 1 is 1.48 bits per heavy atom. The number of aromatic amines is 1. The summed E-state index contributed by atoms with van der Waals surface area (Å²) in [5, 5.41) is 31.0. The summed E-state index contributed by atoms with van der Waals surface area (Å²) in [4.78, 5) is 29.2. The molecule has 2 N–H and O–H groups in total. The minimum atomic E-state index is -0.662. The number of nitrogens with zero attached hydrogens (tertiary/aromatic N) is 3. The van der Waals surface area contributed by atoms with Crippen LogP contribution in [0.15, 0.2) is 16.0 Å². The molecule has 0 saturated heterocycles. The Bertz CT molecular complexity index is 914. The number of aromatic hydroxyl groups is 1. The Labute approximate surface area is 135 Å². The first kappa shape index (κ1) is 16.5. The Hall–Kier alpha value is -2.86. The smallest absolute Gasteiger partial charge is 0.273 e. The van der Waals surface area contributed by atoms with E-state index in [4.69, 9.17) is 0 Å². The maximum absolute atomic E-state index is 12.0. The van der Waals surface area contributed by atoms with Gasteiger partial charge in [-0.3, -0.25) is 14.9 Å². The molecular weight excluding hydrogens is 320 g/mol. The number of hydrogen-bond acceptors (Lipinski definition) is 7. The molecule has 0 spiro atoms. The highest BCUT2D eigenvalue weighted by Gasteiger charge is 2.25. The molecule has 1 aromatic heterocycles. The third kappa shape index (κ3) is 2.76. The predicted molar refractivity (Wildman–Crippen MR) is 84.6 cm³/mol. The van der Waals surface area contributed by atoms with Gasteiger partial charge in [-0.05, 0) is 25.7 Å². The van der Waals surface area contributed by atoms with E-state index in [1.54, 1.807) is 12.3 Å². The first-order chi connectivity index (χ1) is 10.8. The first-order valence-electron chi connectivity index (χ1n) is 6.38. The summed E-state index contributed by atoms with van der Waals surface area (Å²) in [6, 6.07) is 2.98. The zero-order valence-electron chi connectivity index (χ0n) is 12.5. The second kappa shape index (κ2) is 6.10. The van der Waals surface area contributed by atoms with Gasteiger partial charge in [0.25, 0.3) is 11.2 Å². The van der Waals surface area contributed by atoms with Gasteiger partial charge in [0.05, 0.1) is 10.5 Å². The predicted octanol–water partition coefficient (Wildman–Crippen LogP) is 2.26. The summed E-state index contributed by atoms with van der Waals surface area (Å²) in [6.07, 6.45) is 1.68. The molecule has 0 amide bonds. The highest BCUT2D eigenvalue weighted by atomic mass is 32.2. The van der Waals surface area contributed by atoms with Crippen molar-refractivity contribution in [3.63, 3.8) is 0 Å². The standard InChI is InChI=1S/C14H12N4O4S/c1-6-4-9(18(21)22)7(2)10(12(6)19)11-8(5-15)13(20)17-14(16-11)23-3/h4,19H,1-3H3,(H,16,17,20). The zero-order valence-corrected chi connectivity index (χ0v) is 13.3.